The molecule has 1 aromatic heterocycles. The minimum absolute atomic E-state index is 0.120. The molecule has 9 aromatic carbocycles. The molecule has 2 nitrogen and oxygen atoms in total. The molecule has 0 amide bonds. The van der Waals surface area contributed by atoms with Gasteiger partial charge >= 0.3 is 0 Å². The molecule has 0 N–H and O–H groups in total. The summed E-state index contributed by atoms with van der Waals surface area (Å²) in [5.41, 5.74) is 23.2. The quantitative estimate of drug-likeness (QED) is 0.176. The van der Waals surface area contributed by atoms with Crippen LogP contribution in [0.1, 0.15) is 74.9 Å². The van der Waals surface area contributed by atoms with Crippen LogP contribution in [-0.4, -0.2) is 0 Å². The zero-order valence-corrected chi connectivity index (χ0v) is 36.6. The summed E-state index contributed by atoms with van der Waals surface area (Å²) in [6.07, 6.45) is 0. The molecular weight excluding hydrogens is 763 g/mol. The van der Waals surface area contributed by atoms with Gasteiger partial charge in [-0.2, -0.15) is 0 Å². The van der Waals surface area contributed by atoms with Gasteiger partial charge in [0, 0.05) is 38.6 Å². The van der Waals surface area contributed by atoms with Crippen LogP contribution in [0.5, 0.6) is 0 Å². The Hall–Kier alpha value is -7.16. The molecule has 13 rings (SSSR count). The van der Waals surface area contributed by atoms with Crippen molar-refractivity contribution in [3.8, 4) is 44.5 Å². The van der Waals surface area contributed by atoms with Crippen molar-refractivity contribution in [2.45, 2.75) is 57.8 Å². The van der Waals surface area contributed by atoms with Crippen LogP contribution >= 0.6 is 0 Å². The van der Waals surface area contributed by atoms with Gasteiger partial charge in [0.05, 0.1) is 11.1 Å². The van der Waals surface area contributed by atoms with Gasteiger partial charge in [0.1, 0.15) is 11.2 Å². The van der Waals surface area contributed by atoms with E-state index in [9.17, 15) is 0 Å². The lowest BCUT2D eigenvalue weighted by Gasteiger charge is -2.30. The van der Waals surface area contributed by atoms with Crippen molar-refractivity contribution in [1.29, 1.82) is 0 Å². The summed E-state index contributed by atoms with van der Waals surface area (Å²) >= 11 is 0. The second kappa shape index (κ2) is 12.5. The lowest BCUT2D eigenvalue weighted by molar-refractivity contribution is 0.660. The van der Waals surface area contributed by atoms with Crippen LogP contribution in [0.2, 0.25) is 0 Å². The highest BCUT2D eigenvalue weighted by Crippen LogP contribution is 2.55. The summed E-state index contributed by atoms with van der Waals surface area (Å²) < 4.78 is 7.21. The van der Waals surface area contributed by atoms with E-state index in [2.05, 4.69) is 222 Å². The first kappa shape index (κ1) is 36.5. The first-order valence-corrected chi connectivity index (χ1v) is 22.4. The fourth-order valence-corrected chi connectivity index (χ4v) is 12.0. The van der Waals surface area contributed by atoms with Gasteiger partial charge in [-0.1, -0.05) is 169 Å². The highest BCUT2D eigenvalue weighted by molar-refractivity contribution is 6.22. The molecule has 0 atom stereocenters. The number of rotatable bonds is 4. The molecule has 3 aliphatic carbocycles. The summed E-state index contributed by atoms with van der Waals surface area (Å²) in [6.45, 7) is 14.2. The van der Waals surface area contributed by atoms with Gasteiger partial charge in [0.25, 0.3) is 0 Å². The van der Waals surface area contributed by atoms with E-state index in [0.29, 0.717) is 0 Å². The molecule has 3 aliphatic rings. The summed E-state index contributed by atoms with van der Waals surface area (Å²) in [6, 6.07) is 65.9. The smallest absolute Gasteiger partial charge is 0.143 e. The topological polar surface area (TPSA) is 16.4 Å². The molecular formula is C61H47NO. The molecule has 0 spiro atoms. The Morgan fingerprint density at radius 1 is 0.381 bits per heavy atom. The van der Waals surface area contributed by atoms with E-state index >= 15 is 0 Å². The Bertz CT molecular complexity index is 3510. The van der Waals surface area contributed by atoms with Crippen molar-refractivity contribution in [2.75, 3.05) is 4.90 Å². The van der Waals surface area contributed by atoms with E-state index in [1.54, 1.807) is 0 Å². The molecule has 0 aliphatic heterocycles. The number of hydrogen-bond acceptors (Lipinski definition) is 2. The third kappa shape index (κ3) is 4.84. The van der Waals surface area contributed by atoms with E-state index in [0.717, 1.165) is 44.6 Å². The van der Waals surface area contributed by atoms with Gasteiger partial charge in [-0.3, -0.25) is 0 Å². The first-order chi connectivity index (χ1) is 30.5. The van der Waals surface area contributed by atoms with E-state index in [1.807, 2.05) is 0 Å². The maximum absolute atomic E-state index is 7.21. The molecule has 302 valence electrons. The molecule has 2 heteroatoms. The molecule has 0 unspecified atom stereocenters. The second-order valence-corrected chi connectivity index (χ2v) is 19.7. The Kier molecular flexibility index (Phi) is 7.23. The fourth-order valence-electron chi connectivity index (χ4n) is 12.0. The number of furan rings is 1. The number of nitrogens with zero attached hydrogens (tertiary/aromatic N) is 1. The molecule has 0 saturated heterocycles. The largest absolute Gasteiger partial charge is 0.455 e. The first-order valence-electron chi connectivity index (χ1n) is 22.4. The average Bonchev–Trinajstić information content (AvgIpc) is 3.94. The van der Waals surface area contributed by atoms with Crippen LogP contribution in [0.25, 0.3) is 77.2 Å². The molecule has 1 heterocycles. The van der Waals surface area contributed by atoms with Crippen LogP contribution in [-0.2, 0) is 16.2 Å². The SMILES string of the molecule is CC1(C)c2ccccc2-c2ccc(-c3c4ccccc4cc4c3oc3cccc(N(c5ccc6c(c5)C(C)(C)c5ccccc5-6)c5ccc6c(c5)C(C)(C)c5ccccc5-6)c34)cc21. The number of hydrogen-bond donors (Lipinski definition) is 0. The van der Waals surface area contributed by atoms with Crippen molar-refractivity contribution in [1.82, 2.24) is 0 Å². The highest BCUT2D eigenvalue weighted by Gasteiger charge is 2.39. The third-order valence-electron chi connectivity index (χ3n) is 15.3. The minimum Gasteiger partial charge on any atom is -0.455 e. The lowest BCUT2D eigenvalue weighted by Crippen LogP contribution is -2.18. The van der Waals surface area contributed by atoms with Crippen molar-refractivity contribution in [3.05, 3.63) is 209 Å². The zero-order valence-electron chi connectivity index (χ0n) is 36.6. The van der Waals surface area contributed by atoms with Gasteiger partial charge in [-0.25, -0.2) is 0 Å². The fraction of sp³-hybridized carbons (Fsp3) is 0.148. The van der Waals surface area contributed by atoms with E-state index < -0.39 is 0 Å². The monoisotopic (exact) mass is 809 g/mol. The van der Waals surface area contributed by atoms with Crippen molar-refractivity contribution < 1.29 is 4.42 Å². The zero-order chi connectivity index (χ0) is 42.6. The van der Waals surface area contributed by atoms with Gasteiger partial charge < -0.3 is 9.32 Å². The summed E-state index contributed by atoms with van der Waals surface area (Å²) in [4.78, 5) is 2.50. The van der Waals surface area contributed by atoms with Gasteiger partial charge in [0.15, 0.2) is 0 Å². The number of anilines is 3. The molecule has 0 radical (unpaired) electrons. The Balaban J connectivity index is 1.07. The Labute approximate surface area is 369 Å². The van der Waals surface area contributed by atoms with Crippen LogP contribution in [0.3, 0.4) is 0 Å². The molecule has 10 aromatic rings. The molecule has 63 heavy (non-hydrogen) atoms. The van der Waals surface area contributed by atoms with Gasteiger partial charge in [0.2, 0.25) is 0 Å². The van der Waals surface area contributed by atoms with Gasteiger partial charge in [-0.15, -0.1) is 0 Å². The summed E-state index contributed by atoms with van der Waals surface area (Å²) in [5.74, 6) is 0. The van der Waals surface area contributed by atoms with Crippen LogP contribution in [0.4, 0.5) is 17.1 Å². The van der Waals surface area contributed by atoms with E-state index in [-0.39, 0.29) is 16.2 Å². The van der Waals surface area contributed by atoms with Crippen molar-refractivity contribution in [2.24, 2.45) is 0 Å². The van der Waals surface area contributed by atoms with Crippen molar-refractivity contribution >= 4 is 49.8 Å². The Morgan fingerprint density at radius 2 is 0.857 bits per heavy atom. The standard InChI is InChI=1S/C61H47NO/c1-59(2)48-21-12-9-18-41(48)44-29-26-37(33-51(44)59)56-40-17-8-7-16-36(40)32-47-57-54(24-15-25-55(57)63-58(47)56)62(38-27-30-45-42-19-10-13-22-49(42)60(3,4)52(45)34-38)39-28-31-46-43-20-11-14-23-50(43)61(5,6)53(46)35-39/h7-35H,1-6H3. The number of benzene rings is 9. The maximum Gasteiger partial charge on any atom is 0.143 e. The van der Waals surface area contributed by atoms with Crippen LogP contribution in [0.15, 0.2) is 180 Å². The summed E-state index contributed by atoms with van der Waals surface area (Å²) in [5, 5.41) is 4.61. The maximum atomic E-state index is 7.21. The van der Waals surface area contributed by atoms with Crippen LogP contribution in [0, 0.1) is 0 Å². The molecule has 0 fully saturated rings. The van der Waals surface area contributed by atoms with Crippen molar-refractivity contribution in [3.63, 3.8) is 0 Å². The van der Waals surface area contributed by atoms with Gasteiger partial charge in [-0.05, 0) is 132 Å². The third-order valence-corrected chi connectivity index (χ3v) is 15.3. The minimum atomic E-state index is -0.150. The van der Waals surface area contributed by atoms with E-state index in [4.69, 9.17) is 4.42 Å². The second-order valence-electron chi connectivity index (χ2n) is 19.7. The normalized spacial score (nSPS) is 15.5. The van der Waals surface area contributed by atoms with E-state index in [1.165, 1.54) is 83.1 Å². The predicted molar refractivity (Wildman–Crippen MR) is 264 cm³/mol. The van der Waals surface area contributed by atoms with Crippen LogP contribution < -0.4 is 4.90 Å². The lowest BCUT2D eigenvalue weighted by atomic mass is 9.81. The molecule has 0 saturated carbocycles. The average molecular weight is 810 g/mol. The molecule has 0 bridgehead atoms. The Morgan fingerprint density at radius 3 is 1.43 bits per heavy atom. The highest BCUT2D eigenvalue weighted by atomic mass is 16.3. The predicted octanol–water partition coefficient (Wildman–Crippen LogP) is 16.8. The number of fused-ring (bicyclic) bond motifs is 13. The summed E-state index contributed by atoms with van der Waals surface area (Å²) in [7, 11) is 0.